The number of rotatable bonds is 4. The Morgan fingerprint density at radius 3 is 2.45 bits per heavy atom. The molecule has 0 atom stereocenters. The standard InChI is InChI=1S/C14H17ClN2O4S/c1-3-16(4-2)14(19)10-5-6-11(15)12(9-10)17-13(18)7-8-22(17,20)21/h5-6,9H,3-4,7-8H2,1-2H3. The first-order valence-corrected chi connectivity index (χ1v) is 8.95. The third-order valence-electron chi connectivity index (χ3n) is 3.54. The molecule has 1 aromatic carbocycles. The van der Waals surface area contributed by atoms with Crippen LogP contribution in [0.5, 0.6) is 0 Å². The molecule has 22 heavy (non-hydrogen) atoms. The van der Waals surface area contributed by atoms with Gasteiger partial charge in [0.05, 0.1) is 16.5 Å². The van der Waals surface area contributed by atoms with Gasteiger partial charge >= 0.3 is 0 Å². The van der Waals surface area contributed by atoms with Gasteiger partial charge < -0.3 is 4.90 Å². The minimum Gasteiger partial charge on any atom is -0.339 e. The van der Waals surface area contributed by atoms with Crippen LogP contribution in [-0.4, -0.2) is 44.0 Å². The molecule has 0 spiro atoms. The first kappa shape index (κ1) is 16.8. The highest BCUT2D eigenvalue weighted by Crippen LogP contribution is 2.33. The Morgan fingerprint density at radius 1 is 1.32 bits per heavy atom. The number of carbonyl (C=O) groups is 2. The van der Waals surface area contributed by atoms with Gasteiger partial charge in [-0.1, -0.05) is 11.6 Å². The predicted molar refractivity (Wildman–Crippen MR) is 84.6 cm³/mol. The maximum atomic E-state index is 12.4. The van der Waals surface area contributed by atoms with Crippen molar-refractivity contribution in [2.24, 2.45) is 0 Å². The van der Waals surface area contributed by atoms with E-state index in [-0.39, 0.29) is 28.8 Å². The molecule has 0 saturated carbocycles. The Labute approximate surface area is 134 Å². The number of carbonyl (C=O) groups excluding carboxylic acids is 2. The summed E-state index contributed by atoms with van der Waals surface area (Å²) in [5.41, 5.74) is 0.347. The van der Waals surface area contributed by atoms with Gasteiger partial charge in [0.2, 0.25) is 15.9 Å². The van der Waals surface area contributed by atoms with Crippen LogP contribution in [0.15, 0.2) is 18.2 Å². The van der Waals surface area contributed by atoms with Gasteiger partial charge in [0.15, 0.2) is 0 Å². The van der Waals surface area contributed by atoms with Crippen molar-refractivity contribution in [1.82, 2.24) is 4.90 Å². The smallest absolute Gasteiger partial charge is 0.253 e. The molecule has 0 bridgehead atoms. The first-order valence-electron chi connectivity index (χ1n) is 6.96. The van der Waals surface area contributed by atoms with Crippen molar-refractivity contribution in [2.45, 2.75) is 20.3 Å². The lowest BCUT2D eigenvalue weighted by Crippen LogP contribution is -2.32. The molecule has 2 amide bonds. The summed E-state index contributed by atoms with van der Waals surface area (Å²) in [4.78, 5) is 25.8. The first-order chi connectivity index (χ1) is 10.3. The van der Waals surface area contributed by atoms with Crippen molar-refractivity contribution in [3.8, 4) is 0 Å². The summed E-state index contributed by atoms with van der Waals surface area (Å²) in [6.45, 7) is 4.78. The second kappa shape index (κ2) is 6.26. The second-order valence-corrected chi connectivity index (χ2v) is 7.21. The van der Waals surface area contributed by atoms with Crippen LogP contribution < -0.4 is 4.31 Å². The van der Waals surface area contributed by atoms with Gasteiger partial charge in [-0.15, -0.1) is 0 Å². The molecular weight excluding hydrogens is 328 g/mol. The Kier molecular flexibility index (Phi) is 4.77. The summed E-state index contributed by atoms with van der Waals surface area (Å²) in [6.07, 6.45) is -0.0765. The molecule has 0 aromatic heterocycles. The molecule has 0 radical (unpaired) electrons. The van der Waals surface area contributed by atoms with Crippen LogP contribution in [0.3, 0.4) is 0 Å². The van der Waals surface area contributed by atoms with Crippen LogP contribution in [0, 0.1) is 0 Å². The van der Waals surface area contributed by atoms with Crippen LogP contribution in [0.2, 0.25) is 5.02 Å². The van der Waals surface area contributed by atoms with Gasteiger partial charge in [-0.3, -0.25) is 9.59 Å². The van der Waals surface area contributed by atoms with E-state index in [1.807, 2.05) is 13.8 Å². The highest BCUT2D eigenvalue weighted by atomic mass is 35.5. The van der Waals surface area contributed by atoms with Gasteiger partial charge in [0, 0.05) is 25.1 Å². The van der Waals surface area contributed by atoms with Crippen LogP contribution in [0.4, 0.5) is 5.69 Å². The highest BCUT2D eigenvalue weighted by Gasteiger charge is 2.37. The van der Waals surface area contributed by atoms with E-state index < -0.39 is 15.9 Å². The molecule has 1 saturated heterocycles. The summed E-state index contributed by atoms with van der Waals surface area (Å²) in [5.74, 6) is -1.00. The summed E-state index contributed by atoms with van der Waals surface area (Å²) in [5, 5.41) is 0.120. The largest absolute Gasteiger partial charge is 0.339 e. The number of hydrogen-bond donors (Lipinski definition) is 0. The second-order valence-electron chi connectivity index (χ2n) is 4.87. The van der Waals surface area contributed by atoms with Crippen molar-refractivity contribution in [3.05, 3.63) is 28.8 Å². The van der Waals surface area contributed by atoms with E-state index in [0.29, 0.717) is 23.0 Å². The number of anilines is 1. The molecule has 1 aliphatic rings. The number of amides is 2. The monoisotopic (exact) mass is 344 g/mol. The molecule has 120 valence electrons. The predicted octanol–water partition coefficient (Wildman–Crippen LogP) is 1.89. The fraction of sp³-hybridized carbons (Fsp3) is 0.429. The third kappa shape index (κ3) is 2.96. The van der Waals surface area contributed by atoms with Crippen LogP contribution in [0.1, 0.15) is 30.6 Å². The zero-order valence-electron chi connectivity index (χ0n) is 12.4. The lowest BCUT2D eigenvalue weighted by molar-refractivity contribution is -0.116. The van der Waals surface area contributed by atoms with Crippen molar-refractivity contribution in [2.75, 3.05) is 23.1 Å². The maximum absolute atomic E-state index is 12.4. The van der Waals surface area contributed by atoms with E-state index in [2.05, 4.69) is 0 Å². The molecule has 0 N–H and O–H groups in total. The average molecular weight is 345 g/mol. The van der Waals surface area contributed by atoms with E-state index in [0.717, 1.165) is 0 Å². The molecule has 0 aliphatic carbocycles. The van der Waals surface area contributed by atoms with E-state index in [1.54, 1.807) is 4.90 Å². The van der Waals surface area contributed by atoms with Crippen LogP contribution in [-0.2, 0) is 14.8 Å². The van der Waals surface area contributed by atoms with Crippen molar-refractivity contribution < 1.29 is 18.0 Å². The Bertz CT molecular complexity index is 714. The number of nitrogens with zero attached hydrogens (tertiary/aromatic N) is 2. The molecule has 2 rings (SSSR count). The number of halogens is 1. The minimum atomic E-state index is -3.71. The van der Waals surface area contributed by atoms with Crippen LogP contribution in [0.25, 0.3) is 0 Å². The topological polar surface area (TPSA) is 74.8 Å². The van der Waals surface area contributed by atoms with Gasteiger partial charge in [0.25, 0.3) is 5.91 Å². The van der Waals surface area contributed by atoms with Crippen molar-refractivity contribution >= 4 is 39.1 Å². The SMILES string of the molecule is CCN(CC)C(=O)c1ccc(Cl)c(N2C(=O)CCS2(=O)=O)c1. The molecule has 1 fully saturated rings. The fourth-order valence-electron chi connectivity index (χ4n) is 2.34. The molecule has 8 heteroatoms. The summed E-state index contributed by atoms with van der Waals surface area (Å²) < 4.78 is 24.7. The molecule has 1 aromatic rings. The zero-order valence-corrected chi connectivity index (χ0v) is 13.9. The van der Waals surface area contributed by atoms with E-state index >= 15 is 0 Å². The fourth-order valence-corrected chi connectivity index (χ4v) is 4.06. The lowest BCUT2D eigenvalue weighted by Gasteiger charge is -2.21. The normalized spacial score (nSPS) is 16.9. The van der Waals surface area contributed by atoms with Gasteiger partial charge in [-0.25, -0.2) is 12.7 Å². The number of hydrogen-bond acceptors (Lipinski definition) is 4. The molecule has 6 nitrogen and oxygen atoms in total. The Balaban J connectivity index is 2.48. The minimum absolute atomic E-state index is 0.0437. The van der Waals surface area contributed by atoms with Gasteiger partial charge in [-0.05, 0) is 32.0 Å². The highest BCUT2D eigenvalue weighted by molar-refractivity contribution is 7.94. The third-order valence-corrected chi connectivity index (χ3v) is 5.54. The Morgan fingerprint density at radius 2 is 1.95 bits per heavy atom. The van der Waals surface area contributed by atoms with Crippen molar-refractivity contribution in [3.63, 3.8) is 0 Å². The number of benzene rings is 1. The summed E-state index contributed by atoms with van der Waals surface area (Å²) in [7, 11) is -3.71. The molecule has 1 heterocycles. The van der Waals surface area contributed by atoms with E-state index in [9.17, 15) is 18.0 Å². The van der Waals surface area contributed by atoms with Crippen molar-refractivity contribution in [1.29, 1.82) is 0 Å². The maximum Gasteiger partial charge on any atom is 0.253 e. The number of sulfonamides is 1. The van der Waals surface area contributed by atoms with Crippen LogP contribution >= 0.6 is 11.6 Å². The quantitative estimate of drug-likeness (QED) is 0.836. The lowest BCUT2D eigenvalue weighted by atomic mass is 10.1. The molecule has 0 unspecified atom stereocenters. The van der Waals surface area contributed by atoms with Gasteiger partial charge in [0.1, 0.15) is 0 Å². The van der Waals surface area contributed by atoms with E-state index in [1.165, 1.54) is 18.2 Å². The van der Waals surface area contributed by atoms with E-state index in [4.69, 9.17) is 11.6 Å². The molecular formula is C14H17ClN2O4S. The summed E-state index contributed by atoms with van der Waals surface area (Å²) >= 11 is 6.04. The Hall–Kier alpha value is -1.60. The summed E-state index contributed by atoms with van der Waals surface area (Å²) in [6, 6.07) is 4.33. The average Bonchev–Trinajstić information content (AvgIpc) is 2.74. The zero-order chi connectivity index (χ0) is 16.5. The molecule has 1 aliphatic heterocycles. The van der Waals surface area contributed by atoms with Gasteiger partial charge in [-0.2, -0.15) is 0 Å².